The third kappa shape index (κ3) is 5.59. The predicted octanol–water partition coefficient (Wildman–Crippen LogP) is 3.37. The largest absolute Gasteiger partial charge is 0.465 e. The Morgan fingerprint density at radius 2 is 1.81 bits per heavy atom. The molecule has 7 nitrogen and oxygen atoms in total. The molecule has 146 valence electrons. The Balaban J connectivity index is 2.45. The molecule has 0 heterocycles. The van der Waals surface area contributed by atoms with Gasteiger partial charge in [-0.3, -0.25) is 4.72 Å². The van der Waals surface area contributed by atoms with Gasteiger partial charge in [-0.25, -0.2) is 13.2 Å². The van der Waals surface area contributed by atoms with Crippen molar-refractivity contribution >= 4 is 39.0 Å². The average Bonchev–Trinajstić information content (AvgIpc) is 2.63. The zero-order valence-corrected chi connectivity index (χ0v) is 16.7. The van der Waals surface area contributed by atoms with Gasteiger partial charge in [0.15, 0.2) is 0 Å². The molecule has 0 spiro atoms. The Morgan fingerprint density at radius 3 is 2.41 bits per heavy atom. The van der Waals surface area contributed by atoms with Gasteiger partial charge in [0, 0.05) is 23.9 Å². The van der Waals surface area contributed by atoms with Crippen molar-refractivity contribution < 1.29 is 22.7 Å². The SMILES string of the molecule is COC[C@H](C)Nc1ccc(C(=O)OC)cc1S(=O)(=O)Nc1ccc(Cl)cc1. The van der Waals surface area contributed by atoms with Crippen LogP contribution >= 0.6 is 11.6 Å². The van der Waals surface area contributed by atoms with Crippen molar-refractivity contribution in [2.24, 2.45) is 0 Å². The third-order valence-electron chi connectivity index (χ3n) is 3.61. The second-order valence-corrected chi connectivity index (χ2v) is 7.90. The number of methoxy groups -OCH3 is 2. The van der Waals surface area contributed by atoms with E-state index in [9.17, 15) is 13.2 Å². The third-order valence-corrected chi connectivity index (χ3v) is 5.28. The van der Waals surface area contributed by atoms with Crippen LogP contribution in [0, 0.1) is 0 Å². The maximum absolute atomic E-state index is 12.9. The van der Waals surface area contributed by atoms with Crippen LogP contribution in [0.15, 0.2) is 47.4 Å². The number of ether oxygens (including phenoxy) is 2. The number of hydrogen-bond acceptors (Lipinski definition) is 6. The van der Waals surface area contributed by atoms with Crippen LogP contribution < -0.4 is 10.0 Å². The Morgan fingerprint density at radius 1 is 1.15 bits per heavy atom. The molecule has 0 aliphatic heterocycles. The van der Waals surface area contributed by atoms with Gasteiger partial charge < -0.3 is 14.8 Å². The summed E-state index contributed by atoms with van der Waals surface area (Å²) in [5.74, 6) is -0.630. The number of carbonyl (C=O) groups is 1. The van der Waals surface area contributed by atoms with Crippen LogP contribution in [0.5, 0.6) is 0 Å². The van der Waals surface area contributed by atoms with E-state index in [1.54, 1.807) is 31.4 Å². The molecular formula is C18H21ClN2O5S. The second-order valence-electron chi connectivity index (χ2n) is 5.82. The van der Waals surface area contributed by atoms with E-state index in [0.29, 0.717) is 23.0 Å². The molecule has 0 aromatic heterocycles. The van der Waals surface area contributed by atoms with Gasteiger partial charge in [-0.1, -0.05) is 11.6 Å². The molecule has 2 N–H and O–H groups in total. The van der Waals surface area contributed by atoms with E-state index in [0.717, 1.165) is 0 Å². The number of rotatable bonds is 8. The average molecular weight is 413 g/mol. The first-order valence-corrected chi connectivity index (χ1v) is 9.89. The molecule has 27 heavy (non-hydrogen) atoms. The minimum Gasteiger partial charge on any atom is -0.465 e. The number of benzene rings is 2. The summed E-state index contributed by atoms with van der Waals surface area (Å²) >= 11 is 5.83. The summed E-state index contributed by atoms with van der Waals surface area (Å²) in [6.07, 6.45) is 0. The fraction of sp³-hybridized carbons (Fsp3) is 0.278. The second kappa shape index (κ2) is 9.07. The molecule has 9 heteroatoms. The first-order chi connectivity index (χ1) is 12.8. The summed E-state index contributed by atoms with van der Waals surface area (Å²) < 4.78 is 38.1. The van der Waals surface area contributed by atoms with Gasteiger partial charge >= 0.3 is 5.97 Å². The molecule has 2 rings (SSSR count). The topological polar surface area (TPSA) is 93.7 Å². The minimum absolute atomic E-state index is 0.0803. The van der Waals surface area contributed by atoms with Gasteiger partial charge in [0.2, 0.25) is 0 Å². The van der Waals surface area contributed by atoms with Gasteiger partial charge in [0.05, 0.1) is 25.0 Å². The summed E-state index contributed by atoms with van der Waals surface area (Å²) in [5.41, 5.74) is 0.811. The highest BCUT2D eigenvalue weighted by Gasteiger charge is 2.22. The lowest BCUT2D eigenvalue weighted by atomic mass is 10.2. The Hall–Kier alpha value is -2.29. The molecule has 2 aromatic rings. The van der Waals surface area contributed by atoms with Crippen LogP contribution in [0.3, 0.4) is 0 Å². The van der Waals surface area contributed by atoms with E-state index in [-0.39, 0.29) is 16.5 Å². The van der Waals surface area contributed by atoms with Gasteiger partial charge in [0.25, 0.3) is 10.0 Å². The van der Waals surface area contributed by atoms with Crippen LogP contribution in [-0.4, -0.2) is 41.3 Å². The molecule has 0 aliphatic rings. The minimum atomic E-state index is -3.99. The lowest BCUT2D eigenvalue weighted by Crippen LogP contribution is -2.23. The first kappa shape index (κ1) is 21.0. The fourth-order valence-corrected chi connectivity index (χ4v) is 3.77. The molecule has 0 bridgehead atoms. The fourth-order valence-electron chi connectivity index (χ4n) is 2.39. The Labute approximate surface area is 163 Å². The van der Waals surface area contributed by atoms with Gasteiger partial charge in [0.1, 0.15) is 4.90 Å². The molecule has 0 unspecified atom stereocenters. The highest BCUT2D eigenvalue weighted by Crippen LogP contribution is 2.27. The lowest BCUT2D eigenvalue weighted by Gasteiger charge is -2.19. The van der Waals surface area contributed by atoms with Crippen molar-refractivity contribution in [3.8, 4) is 0 Å². The molecule has 1 atom stereocenters. The molecule has 0 radical (unpaired) electrons. The summed E-state index contributed by atoms with van der Waals surface area (Å²) in [6, 6.07) is 10.4. The summed E-state index contributed by atoms with van der Waals surface area (Å²) in [6.45, 7) is 2.23. The zero-order chi connectivity index (χ0) is 20.0. The number of sulfonamides is 1. The molecular weight excluding hydrogens is 392 g/mol. The number of carbonyl (C=O) groups excluding carboxylic acids is 1. The van der Waals surface area contributed by atoms with Crippen molar-refractivity contribution in [3.05, 3.63) is 53.1 Å². The van der Waals surface area contributed by atoms with E-state index in [1.165, 1.54) is 25.3 Å². The molecule has 0 aliphatic carbocycles. The maximum atomic E-state index is 12.9. The molecule has 0 amide bonds. The predicted molar refractivity (Wildman–Crippen MR) is 105 cm³/mol. The number of nitrogens with one attached hydrogen (secondary N) is 2. The van der Waals surface area contributed by atoms with Crippen LogP contribution in [0.25, 0.3) is 0 Å². The van der Waals surface area contributed by atoms with Crippen LogP contribution in [0.4, 0.5) is 11.4 Å². The monoisotopic (exact) mass is 412 g/mol. The summed E-state index contributed by atoms with van der Waals surface area (Å²) in [4.78, 5) is 11.8. The number of hydrogen-bond donors (Lipinski definition) is 2. The number of anilines is 2. The van der Waals surface area contributed by atoms with Crippen LogP contribution in [0.2, 0.25) is 5.02 Å². The zero-order valence-electron chi connectivity index (χ0n) is 15.2. The van der Waals surface area contributed by atoms with Gasteiger partial charge in [-0.2, -0.15) is 0 Å². The lowest BCUT2D eigenvalue weighted by molar-refractivity contribution is 0.0600. The standard InChI is InChI=1S/C18H21ClN2O5S/c1-12(11-25-2)20-16-9-4-13(18(22)26-3)10-17(16)27(23,24)21-15-7-5-14(19)6-8-15/h4-10,12,20-21H,11H2,1-3H3/t12-/m0/s1. The van der Waals surface area contributed by atoms with Gasteiger partial charge in [-0.05, 0) is 49.4 Å². The molecule has 0 saturated carbocycles. The smallest absolute Gasteiger partial charge is 0.337 e. The highest BCUT2D eigenvalue weighted by molar-refractivity contribution is 7.92. The van der Waals surface area contributed by atoms with E-state index in [4.69, 9.17) is 16.3 Å². The van der Waals surface area contributed by atoms with Crippen molar-refractivity contribution in [2.45, 2.75) is 17.9 Å². The van der Waals surface area contributed by atoms with E-state index >= 15 is 0 Å². The summed E-state index contributed by atoms with van der Waals surface area (Å²) in [7, 11) is -1.20. The number of esters is 1. The first-order valence-electron chi connectivity index (χ1n) is 8.03. The van der Waals surface area contributed by atoms with Crippen LogP contribution in [0.1, 0.15) is 17.3 Å². The molecule has 0 saturated heterocycles. The van der Waals surface area contributed by atoms with E-state index in [2.05, 4.69) is 14.8 Å². The van der Waals surface area contributed by atoms with E-state index < -0.39 is 16.0 Å². The number of halogens is 1. The normalized spacial score (nSPS) is 12.3. The van der Waals surface area contributed by atoms with Crippen molar-refractivity contribution in [3.63, 3.8) is 0 Å². The highest BCUT2D eigenvalue weighted by atomic mass is 35.5. The molecule has 2 aromatic carbocycles. The van der Waals surface area contributed by atoms with Crippen LogP contribution in [-0.2, 0) is 19.5 Å². The Kier molecular flexibility index (Phi) is 7.06. The van der Waals surface area contributed by atoms with Crippen molar-refractivity contribution in [1.29, 1.82) is 0 Å². The van der Waals surface area contributed by atoms with Crippen molar-refractivity contribution in [1.82, 2.24) is 0 Å². The van der Waals surface area contributed by atoms with Crippen molar-refractivity contribution in [2.75, 3.05) is 30.9 Å². The Bertz CT molecular complexity index is 900. The van der Waals surface area contributed by atoms with Gasteiger partial charge in [-0.15, -0.1) is 0 Å². The van der Waals surface area contributed by atoms with E-state index in [1.807, 2.05) is 6.92 Å². The maximum Gasteiger partial charge on any atom is 0.337 e. The molecule has 0 fully saturated rings. The summed E-state index contributed by atoms with van der Waals surface area (Å²) in [5, 5.41) is 3.57. The quantitative estimate of drug-likeness (QED) is 0.645.